The molecule has 0 aromatic heterocycles. The minimum atomic E-state index is 0.00482. The van der Waals surface area contributed by atoms with Crippen LogP contribution in [0.2, 0.25) is 0 Å². The molecule has 1 N–H and O–H groups in total. The fourth-order valence-corrected chi connectivity index (χ4v) is 6.42. The minimum absolute atomic E-state index is 0.00482. The molecule has 0 bridgehead atoms. The molecule has 2 aliphatic rings. The second-order valence-corrected chi connectivity index (χ2v) is 9.68. The zero-order valence-corrected chi connectivity index (χ0v) is 19.2. The van der Waals surface area contributed by atoms with Crippen molar-refractivity contribution in [2.45, 2.75) is 50.4 Å². The largest absolute Gasteiger partial charge is 0.507 e. The van der Waals surface area contributed by atoms with Crippen LogP contribution in [0.4, 0.5) is 0 Å². The average Bonchev–Trinajstić information content (AvgIpc) is 3.11. The highest BCUT2D eigenvalue weighted by Gasteiger charge is 2.43. The first-order valence-electron chi connectivity index (χ1n) is 12.3. The summed E-state index contributed by atoms with van der Waals surface area (Å²) in [6.07, 6.45) is 8.73. The standard InChI is InChI=1S/C31H30O2/c1-33-29-19-24-25(18-23(29)21-12-6-5-7-13-21)30-22-14-8-9-15-26(22)31(27(30)20-28(24)32)16-10-3-2-4-11-17-31/h5-9,12-15,18-20,32H,2-4,10-11,16-17H2,1H3. The zero-order valence-electron chi connectivity index (χ0n) is 19.2. The number of phenolic OH excluding ortho intramolecular Hbond substituents is 1. The molecule has 0 amide bonds. The molecule has 166 valence electrons. The van der Waals surface area contributed by atoms with Gasteiger partial charge in [0.25, 0.3) is 0 Å². The highest BCUT2D eigenvalue weighted by molar-refractivity contribution is 6.07. The van der Waals surface area contributed by atoms with Crippen LogP contribution >= 0.6 is 0 Å². The predicted octanol–water partition coefficient (Wildman–Crippen LogP) is 8.23. The molecular formula is C31H30O2. The first-order valence-corrected chi connectivity index (χ1v) is 12.3. The molecule has 6 rings (SSSR count). The lowest BCUT2D eigenvalue weighted by molar-refractivity contribution is 0.372. The van der Waals surface area contributed by atoms with E-state index in [4.69, 9.17) is 4.74 Å². The van der Waals surface area contributed by atoms with Crippen molar-refractivity contribution in [2.24, 2.45) is 0 Å². The summed E-state index contributed by atoms with van der Waals surface area (Å²) in [5.41, 5.74) is 7.60. The second kappa shape index (κ2) is 7.95. The van der Waals surface area contributed by atoms with Gasteiger partial charge in [-0.1, -0.05) is 86.7 Å². The molecule has 2 aliphatic carbocycles. The van der Waals surface area contributed by atoms with Crippen LogP contribution in [-0.4, -0.2) is 12.2 Å². The van der Waals surface area contributed by atoms with Crippen molar-refractivity contribution in [3.05, 3.63) is 83.9 Å². The Morgan fingerprint density at radius 3 is 2.15 bits per heavy atom. The maximum absolute atomic E-state index is 11.3. The molecule has 0 saturated heterocycles. The summed E-state index contributed by atoms with van der Waals surface area (Å²) in [7, 11) is 1.71. The third kappa shape index (κ3) is 3.08. The Morgan fingerprint density at radius 1 is 0.697 bits per heavy atom. The van der Waals surface area contributed by atoms with Gasteiger partial charge >= 0.3 is 0 Å². The Balaban J connectivity index is 1.69. The topological polar surface area (TPSA) is 29.5 Å². The lowest BCUT2D eigenvalue weighted by Crippen LogP contribution is -2.26. The molecule has 2 nitrogen and oxygen atoms in total. The predicted molar refractivity (Wildman–Crippen MR) is 136 cm³/mol. The number of hydrogen-bond acceptors (Lipinski definition) is 2. The van der Waals surface area contributed by atoms with Crippen molar-refractivity contribution in [2.75, 3.05) is 7.11 Å². The van der Waals surface area contributed by atoms with Crippen LogP contribution in [0.25, 0.3) is 33.0 Å². The number of benzene rings is 4. The maximum atomic E-state index is 11.3. The van der Waals surface area contributed by atoms with Crippen molar-refractivity contribution >= 4 is 10.8 Å². The van der Waals surface area contributed by atoms with Crippen molar-refractivity contribution in [3.63, 3.8) is 0 Å². The molecule has 1 fully saturated rings. The molecule has 1 spiro atoms. The third-order valence-corrected chi connectivity index (χ3v) is 7.95. The molecule has 0 radical (unpaired) electrons. The average molecular weight is 435 g/mol. The van der Waals surface area contributed by atoms with E-state index in [1.54, 1.807) is 7.11 Å². The van der Waals surface area contributed by atoms with Crippen molar-refractivity contribution in [1.29, 1.82) is 0 Å². The Hall–Kier alpha value is -3.26. The smallest absolute Gasteiger partial charge is 0.127 e. The van der Waals surface area contributed by atoms with Crippen LogP contribution in [0.3, 0.4) is 0 Å². The van der Waals surface area contributed by atoms with Gasteiger partial charge in [0.1, 0.15) is 11.5 Å². The first kappa shape index (κ1) is 20.4. The van der Waals surface area contributed by atoms with Gasteiger partial charge in [-0.3, -0.25) is 0 Å². The van der Waals surface area contributed by atoms with Crippen LogP contribution in [0.15, 0.2) is 72.8 Å². The fourth-order valence-electron chi connectivity index (χ4n) is 6.42. The second-order valence-electron chi connectivity index (χ2n) is 9.68. The fraction of sp³-hybridized carbons (Fsp3) is 0.290. The van der Waals surface area contributed by atoms with Gasteiger partial charge in [0.2, 0.25) is 0 Å². The van der Waals surface area contributed by atoms with Crippen LogP contribution < -0.4 is 4.74 Å². The Labute approximate surface area is 195 Å². The van der Waals surface area contributed by atoms with Crippen molar-refractivity contribution in [3.8, 4) is 33.8 Å². The summed E-state index contributed by atoms with van der Waals surface area (Å²) >= 11 is 0. The monoisotopic (exact) mass is 434 g/mol. The number of fused-ring (bicyclic) bond motifs is 7. The Morgan fingerprint density at radius 2 is 1.39 bits per heavy atom. The van der Waals surface area contributed by atoms with E-state index in [0.717, 1.165) is 40.5 Å². The Bertz CT molecular complexity index is 1330. The van der Waals surface area contributed by atoms with Crippen LogP contribution in [-0.2, 0) is 5.41 Å². The summed E-state index contributed by atoms with van der Waals surface area (Å²) in [6, 6.07) is 25.7. The van der Waals surface area contributed by atoms with Gasteiger partial charge in [-0.2, -0.15) is 0 Å². The van der Waals surface area contributed by atoms with E-state index in [1.807, 2.05) is 12.1 Å². The van der Waals surface area contributed by atoms with E-state index in [9.17, 15) is 5.11 Å². The number of hydrogen-bond donors (Lipinski definition) is 1. The molecule has 4 aromatic rings. The molecule has 0 unspecified atom stereocenters. The van der Waals surface area contributed by atoms with E-state index in [2.05, 4.69) is 60.7 Å². The summed E-state index contributed by atoms with van der Waals surface area (Å²) in [6.45, 7) is 0. The zero-order chi connectivity index (χ0) is 22.4. The highest BCUT2D eigenvalue weighted by Crippen LogP contribution is 2.58. The summed E-state index contributed by atoms with van der Waals surface area (Å²) in [5, 5.41) is 13.3. The molecule has 0 heterocycles. The number of aromatic hydroxyl groups is 1. The Kier molecular flexibility index (Phi) is 4.90. The third-order valence-electron chi connectivity index (χ3n) is 7.95. The molecule has 4 aromatic carbocycles. The normalized spacial score (nSPS) is 16.8. The first-order chi connectivity index (χ1) is 16.2. The van der Waals surface area contributed by atoms with Gasteiger partial charge in [0.05, 0.1) is 7.11 Å². The quantitative estimate of drug-likeness (QED) is 0.344. The number of rotatable bonds is 2. The molecule has 1 saturated carbocycles. The minimum Gasteiger partial charge on any atom is -0.507 e. The van der Waals surface area contributed by atoms with Gasteiger partial charge in [-0.25, -0.2) is 0 Å². The lowest BCUT2D eigenvalue weighted by atomic mass is 9.69. The molecule has 0 aliphatic heterocycles. The SMILES string of the molecule is COc1cc2c(O)cc3c(c2cc1-c1ccccc1)-c1ccccc1C31CCCCCCC1. The van der Waals surface area contributed by atoms with E-state index in [1.165, 1.54) is 54.4 Å². The van der Waals surface area contributed by atoms with Gasteiger partial charge in [-0.15, -0.1) is 0 Å². The number of methoxy groups -OCH3 is 1. The summed E-state index contributed by atoms with van der Waals surface area (Å²) in [4.78, 5) is 0. The van der Waals surface area contributed by atoms with Gasteiger partial charge < -0.3 is 9.84 Å². The van der Waals surface area contributed by atoms with Gasteiger partial charge in [0, 0.05) is 16.4 Å². The maximum Gasteiger partial charge on any atom is 0.127 e. The molecule has 0 atom stereocenters. The lowest BCUT2D eigenvalue weighted by Gasteiger charge is -2.34. The van der Waals surface area contributed by atoms with Gasteiger partial charge in [-0.05, 0) is 64.2 Å². The van der Waals surface area contributed by atoms with Crippen LogP contribution in [0.5, 0.6) is 11.5 Å². The summed E-state index contributed by atoms with van der Waals surface area (Å²) in [5.74, 6) is 1.15. The van der Waals surface area contributed by atoms with E-state index in [0.29, 0.717) is 5.75 Å². The van der Waals surface area contributed by atoms with E-state index >= 15 is 0 Å². The number of ether oxygens (including phenoxy) is 1. The van der Waals surface area contributed by atoms with E-state index < -0.39 is 0 Å². The molecule has 33 heavy (non-hydrogen) atoms. The van der Waals surface area contributed by atoms with Crippen LogP contribution in [0.1, 0.15) is 56.1 Å². The van der Waals surface area contributed by atoms with E-state index in [-0.39, 0.29) is 5.41 Å². The van der Waals surface area contributed by atoms with Crippen molar-refractivity contribution < 1.29 is 9.84 Å². The highest BCUT2D eigenvalue weighted by atomic mass is 16.5. The molecular weight excluding hydrogens is 404 g/mol. The number of phenols is 1. The van der Waals surface area contributed by atoms with Crippen LogP contribution in [0, 0.1) is 0 Å². The van der Waals surface area contributed by atoms with Gasteiger partial charge in [0.15, 0.2) is 0 Å². The summed E-state index contributed by atoms with van der Waals surface area (Å²) < 4.78 is 5.78. The molecule has 2 heteroatoms. The van der Waals surface area contributed by atoms with Crippen molar-refractivity contribution in [1.82, 2.24) is 0 Å².